The van der Waals surface area contributed by atoms with Gasteiger partial charge in [0, 0.05) is 0 Å². The second-order valence-corrected chi connectivity index (χ2v) is 28.3. The molecule has 6 rings (SSSR count). The summed E-state index contributed by atoms with van der Waals surface area (Å²) in [6.07, 6.45) is 0. The van der Waals surface area contributed by atoms with Gasteiger partial charge in [-0.15, -0.1) is 0 Å². The number of hydrogen-bond acceptors (Lipinski definition) is 1. The van der Waals surface area contributed by atoms with Crippen LogP contribution >= 0.6 is 0 Å². The molecule has 1 spiro atoms. The van der Waals surface area contributed by atoms with E-state index in [-0.39, 0.29) is 19.6 Å². The second kappa shape index (κ2) is 11.5. The van der Waals surface area contributed by atoms with Gasteiger partial charge in [-0.1, -0.05) is 0 Å². The van der Waals surface area contributed by atoms with Crippen molar-refractivity contribution in [3.63, 3.8) is 0 Å². The van der Waals surface area contributed by atoms with Crippen molar-refractivity contribution in [3.05, 3.63) is 117 Å². The van der Waals surface area contributed by atoms with Crippen LogP contribution in [0.1, 0.15) is 125 Å². The summed E-state index contributed by atoms with van der Waals surface area (Å²) in [5.41, 5.74) is 13.7. The number of hydrogen-bond donors (Lipinski definition) is 0. The Morgan fingerprint density at radius 1 is 0.667 bits per heavy atom. The molecule has 0 saturated carbocycles. The first-order valence-electron chi connectivity index (χ1n) is 16.9. The fraction of sp³-hybridized carbons (Fsp3) is 0.405. The Labute approximate surface area is 282 Å². The van der Waals surface area contributed by atoms with Gasteiger partial charge in [-0.05, 0) is 0 Å². The average Bonchev–Trinajstić information content (AvgIpc) is 3.25. The SMILES string of the molecule is Cc1cc(C)c([As]=[C]2C3([O][Ge]2([c]2c(C(C)C)cc(C(C)C)cc2C(C)C)[C](C)(C)C)c2ccccc2-c2ccccc23)c(C)c1. The van der Waals surface area contributed by atoms with Crippen molar-refractivity contribution in [2.24, 2.45) is 0 Å². The summed E-state index contributed by atoms with van der Waals surface area (Å²) >= 11 is -3.86. The van der Waals surface area contributed by atoms with Crippen LogP contribution in [0.5, 0.6) is 0 Å². The van der Waals surface area contributed by atoms with Crippen LogP contribution in [0.3, 0.4) is 0 Å². The van der Waals surface area contributed by atoms with Crippen LogP contribution < -0.4 is 8.75 Å². The monoisotopic (exact) mass is 720 g/mol. The van der Waals surface area contributed by atoms with E-state index in [0.29, 0.717) is 17.8 Å². The Bertz CT molecular complexity index is 1740. The molecular weight excluding hydrogens is 668 g/mol. The van der Waals surface area contributed by atoms with Gasteiger partial charge in [0.1, 0.15) is 0 Å². The number of aryl methyl sites for hydroxylation is 3. The maximum absolute atomic E-state index is 8.22. The Morgan fingerprint density at radius 2 is 1.13 bits per heavy atom. The van der Waals surface area contributed by atoms with E-state index in [1.807, 2.05) is 0 Å². The van der Waals surface area contributed by atoms with E-state index in [4.69, 9.17) is 3.76 Å². The molecule has 1 aliphatic heterocycles. The van der Waals surface area contributed by atoms with Crippen molar-refractivity contribution in [3.8, 4) is 11.1 Å². The summed E-state index contributed by atoms with van der Waals surface area (Å²) < 4.78 is 13.2. The van der Waals surface area contributed by atoms with E-state index in [1.165, 1.54) is 55.6 Å². The quantitative estimate of drug-likeness (QED) is 0.187. The molecule has 4 aromatic carbocycles. The van der Waals surface area contributed by atoms with Gasteiger partial charge >= 0.3 is 284 Å². The molecule has 1 fully saturated rings. The van der Waals surface area contributed by atoms with Gasteiger partial charge in [0.25, 0.3) is 0 Å². The molecule has 4 aromatic rings. The summed E-state index contributed by atoms with van der Waals surface area (Å²) in [5, 5.41) is 0. The minimum atomic E-state index is -3.56. The molecule has 1 heterocycles. The van der Waals surface area contributed by atoms with Crippen LogP contribution in [-0.2, 0) is 9.36 Å². The van der Waals surface area contributed by atoms with Gasteiger partial charge in [0.2, 0.25) is 0 Å². The van der Waals surface area contributed by atoms with Gasteiger partial charge < -0.3 is 0 Å². The molecule has 0 amide bonds. The average molecular weight is 719 g/mol. The molecular formula is C42H51AsGeO. The van der Waals surface area contributed by atoms with Gasteiger partial charge in [-0.3, -0.25) is 0 Å². The van der Waals surface area contributed by atoms with E-state index in [2.05, 4.69) is 156 Å². The predicted octanol–water partition coefficient (Wildman–Crippen LogP) is 9.63. The third kappa shape index (κ3) is 4.86. The molecule has 3 heteroatoms. The summed E-state index contributed by atoms with van der Waals surface area (Å²) in [6, 6.07) is 28.2. The zero-order valence-corrected chi connectivity index (χ0v) is 33.5. The first-order chi connectivity index (χ1) is 21.1. The standard InChI is InChI=1S/C42H51AsGeO/c1-25(2)31-23-34(26(3)4)39(35(24-31)27(5)6)44(41(10,11)12)40(43-38-29(8)21-28(7)22-30(38)9)42(45-44)36-19-15-13-17-32(36)33-18-14-16-20-37(33)42/h13-27H,1-12H3. The third-order valence-corrected chi connectivity index (χ3v) is 28.5. The predicted molar refractivity (Wildman–Crippen MR) is 199 cm³/mol. The molecule has 0 bridgehead atoms. The van der Waals surface area contributed by atoms with E-state index in [9.17, 15) is 0 Å². The summed E-state index contributed by atoms with van der Waals surface area (Å²) in [4.78, 5) is 0. The van der Waals surface area contributed by atoms with E-state index >= 15 is 0 Å². The third-order valence-electron chi connectivity index (χ3n) is 10.3. The molecule has 1 aliphatic carbocycles. The van der Waals surface area contributed by atoms with Crippen molar-refractivity contribution in [1.29, 1.82) is 0 Å². The molecule has 1 saturated heterocycles. The van der Waals surface area contributed by atoms with Crippen molar-refractivity contribution < 1.29 is 3.76 Å². The van der Waals surface area contributed by atoms with Crippen LogP contribution in [0.2, 0.25) is 4.25 Å². The van der Waals surface area contributed by atoms with Crippen molar-refractivity contribution in [2.45, 2.75) is 111 Å². The maximum atomic E-state index is 8.22. The summed E-state index contributed by atoms with van der Waals surface area (Å²) in [6.45, 7) is 28.8. The first kappa shape index (κ1) is 32.7. The van der Waals surface area contributed by atoms with Gasteiger partial charge in [0.15, 0.2) is 0 Å². The molecule has 45 heavy (non-hydrogen) atoms. The zero-order chi connectivity index (χ0) is 32.6. The molecule has 0 N–H and O–H groups in total. The molecule has 0 aromatic heterocycles. The van der Waals surface area contributed by atoms with E-state index in [1.54, 1.807) is 11.9 Å². The fourth-order valence-corrected chi connectivity index (χ4v) is 30.5. The number of fused-ring (bicyclic) bond motifs is 5. The van der Waals surface area contributed by atoms with Crippen molar-refractivity contribution in [2.75, 3.05) is 0 Å². The Kier molecular flexibility index (Phi) is 8.37. The first-order valence-corrected chi connectivity index (χ1v) is 22.8. The molecule has 1 unspecified atom stereocenters. The van der Waals surface area contributed by atoms with Crippen LogP contribution in [0.25, 0.3) is 11.1 Å². The van der Waals surface area contributed by atoms with Gasteiger partial charge in [-0.25, -0.2) is 0 Å². The second-order valence-electron chi connectivity index (χ2n) is 15.6. The molecule has 1 atom stereocenters. The fourth-order valence-electron chi connectivity index (χ4n) is 8.12. The van der Waals surface area contributed by atoms with Crippen LogP contribution in [0.15, 0.2) is 72.8 Å². The van der Waals surface area contributed by atoms with Crippen LogP contribution in [0.4, 0.5) is 0 Å². The van der Waals surface area contributed by atoms with E-state index < -0.39 is 19.2 Å². The summed E-state index contributed by atoms with van der Waals surface area (Å²) in [7, 11) is 0. The Morgan fingerprint density at radius 3 is 1.56 bits per heavy atom. The van der Waals surface area contributed by atoms with Crippen LogP contribution in [-0.4, -0.2) is 32.0 Å². The molecule has 234 valence electrons. The van der Waals surface area contributed by atoms with Crippen LogP contribution in [0, 0.1) is 20.8 Å². The minimum absolute atomic E-state index is 0.00181. The Hall–Kier alpha value is -2.19. The zero-order valence-electron chi connectivity index (χ0n) is 29.5. The van der Waals surface area contributed by atoms with Crippen molar-refractivity contribution in [1.82, 2.24) is 0 Å². The molecule has 0 radical (unpaired) electrons. The van der Waals surface area contributed by atoms with Crippen molar-refractivity contribution >= 4 is 40.8 Å². The Balaban J connectivity index is 1.80. The number of benzene rings is 4. The number of rotatable bonds is 5. The van der Waals surface area contributed by atoms with Gasteiger partial charge in [-0.2, -0.15) is 0 Å². The van der Waals surface area contributed by atoms with Gasteiger partial charge in [0.05, 0.1) is 0 Å². The molecule has 2 aliphatic rings. The van der Waals surface area contributed by atoms with E-state index in [0.717, 1.165) is 0 Å². The summed E-state index contributed by atoms with van der Waals surface area (Å²) in [5.74, 6) is 1.33. The normalized spacial score (nSPS) is 19.5. The topological polar surface area (TPSA) is 9.23 Å². The molecule has 1 nitrogen and oxygen atoms in total.